The summed E-state index contributed by atoms with van der Waals surface area (Å²) in [5, 5.41) is 3.84. The summed E-state index contributed by atoms with van der Waals surface area (Å²) in [7, 11) is 0. The Kier molecular flexibility index (Phi) is 5.44. The molecule has 2 amide bonds. The number of para-hydroxylation sites is 2. The van der Waals surface area contributed by atoms with Crippen LogP contribution < -0.4 is 20.7 Å². The average molecular weight is 374 g/mol. The Bertz CT molecular complexity index is 827. The third kappa shape index (κ3) is 3.98. The summed E-state index contributed by atoms with van der Waals surface area (Å²) < 4.78 is 5.58. The van der Waals surface area contributed by atoms with Crippen LogP contribution in [-0.4, -0.2) is 31.0 Å². The first kappa shape index (κ1) is 18.2. The first-order valence-electron chi connectivity index (χ1n) is 8.30. The van der Waals surface area contributed by atoms with Gasteiger partial charge in [0.1, 0.15) is 5.75 Å². The quantitative estimate of drug-likeness (QED) is 0.842. The molecule has 0 fully saturated rings. The third-order valence-corrected chi connectivity index (χ3v) is 4.54. The van der Waals surface area contributed by atoms with E-state index in [-0.39, 0.29) is 25.0 Å². The molecule has 0 aliphatic carbocycles. The number of ether oxygens (including phenoxy) is 1. The first-order valence-corrected chi connectivity index (χ1v) is 8.67. The maximum absolute atomic E-state index is 12.8. The Labute approximate surface area is 156 Å². The van der Waals surface area contributed by atoms with E-state index in [1.807, 2.05) is 31.2 Å². The van der Waals surface area contributed by atoms with Gasteiger partial charge in [-0.1, -0.05) is 35.9 Å². The largest absolute Gasteiger partial charge is 0.477 e. The predicted molar refractivity (Wildman–Crippen MR) is 100 cm³/mol. The van der Waals surface area contributed by atoms with Gasteiger partial charge in [0.2, 0.25) is 5.91 Å². The number of primary amides is 1. The molecule has 1 heterocycles. The number of rotatable bonds is 5. The highest BCUT2D eigenvalue weighted by molar-refractivity contribution is 6.30. The van der Waals surface area contributed by atoms with Crippen LogP contribution in [0.2, 0.25) is 5.02 Å². The van der Waals surface area contributed by atoms with Gasteiger partial charge in [-0.05, 0) is 36.8 Å². The molecule has 0 spiro atoms. The van der Waals surface area contributed by atoms with E-state index < -0.39 is 12.0 Å². The molecule has 0 saturated heterocycles. The number of fused-ring (bicyclic) bond motifs is 1. The number of halogens is 1. The van der Waals surface area contributed by atoms with Crippen LogP contribution in [-0.2, 0) is 9.59 Å². The molecule has 0 radical (unpaired) electrons. The van der Waals surface area contributed by atoms with Crippen molar-refractivity contribution >= 4 is 29.1 Å². The predicted octanol–water partition coefficient (Wildman–Crippen LogP) is 2.27. The zero-order valence-corrected chi connectivity index (χ0v) is 15.1. The average Bonchev–Trinajstić information content (AvgIpc) is 2.64. The van der Waals surface area contributed by atoms with Crippen LogP contribution in [0.15, 0.2) is 48.5 Å². The fraction of sp³-hybridized carbons (Fsp3) is 0.263. The SMILES string of the molecule is C[C@@H](NCC(=O)N1C[C@@H](C(N)=O)Oc2ccccc21)c1cccc(Cl)c1. The lowest BCUT2D eigenvalue weighted by Gasteiger charge is -2.33. The van der Waals surface area contributed by atoms with E-state index in [1.165, 1.54) is 4.90 Å². The molecule has 6 nitrogen and oxygen atoms in total. The lowest BCUT2D eigenvalue weighted by Crippen LogP contribution is -2.51. The monoisotopic (exact) mass is 373 g/mol. The number of anilines is 1. The molecule has 0 aromatic heterocycles. The molecule has 0 bridgehead atoms. The fourth-order valence-electron chi connectivity index (χ4n) is 2.85. The highest BCUT2D eigenvalue weighted by Crippen LogP contribution is 2.33. The molecular formula is C19H20ClN3O3. The number of nitrogens with two attached hydrogens (primary N) is 1. The number of hydrogen-bond acceptors (Lipinski definition) is 4. The second-order valence-electron chi connectivity index (χ2n) is 6.14. The number of hydrogen-bond donors (Lipinski definition) is 2. The van der Waals surface area contributed by atoms with E-state index in [0.29, 0.717) is 16.5 Å². The molecule has 1 aliphatic rings. The zero-order valence-electron chi connectivity index (χ0n) is 14.3. The number of nitrogens with one attached hydrogen (secondary N) is 1. The van der Waals surface area contributed by atoms with Gasteiger partial charge in [-0.15, -0.1) is 0 Å². The van der Waals surface area contributed by atoms with Crippen LogP contribution >= 0.6 is 11.6 Å². The van der Waals surface area contributed by atoms with Crippen LogP contribution in [0.25, 0.3) is 0 Å². The van der Waals surface area contributed by atoms with Crippen molar-refractivity contribution in [3.63, 3.8) is 0 Å². The van der Waals surface area contributed by atoms with E-state index in [9.17, 15) is 9.59 Å². The van der Waals surface area contributed by atoms with E-state index in [1.54, 1.807) is 24.3 Å². The highest BCUT2D eigenvalue weighted by atomic mass is 35.5. The number of amides is 2. The molecule has 3 rings (SSSR count). The standard InChI is InChI=1S/C19H20ClN3O3/c1-12(13-5-4-6-14(20)9-13)22-10-18(24)23-11-17(19(21)25)26-16-8-3-2-7-15(16)23/h2-9,12,17,22H,10-11H2,1H3,(H2,21,25)/t12-,17+/m1/s1. The van der Waals surface area contributed by atoms with Crippen LogP contribution in [0.1, 0.15) is 18.5 Å². The van der Waals surface area contributed by atoms with E-state index in [4.69, 9.17) is 22.1 Å². The lowest BCUT2D eigenvalue weighted by atomic mass is 10.1. The van der Waals surface area contributed by atoms with Gasteiger partial charge in [0.25, 0.3) is 5.91 Å². The van der Waals surface area contributed by atoms with E-state index in [2.05, 4.69) is 5.32 Å². The van der Waals surface area contributed by atoms with Gasteiger partial charge in [-0.2, -0.15) is 0 Å². The Balaban J connectivity index is 1.71. The molecule has 2 aromatic rings. The normalized spacial score (nSPS) is 17.2. The first-order chi connectivity index (χ1) is 12.5. The van der Waals surface area contributed by atoms with Gasteiger partial charge < -0.3 is 20.7 Å². The van der Waals surface area contributed by atoms with Crippen molar-refractivity contribution in [2.75, 3.05) is 18.0 Å². The molecule has 26 heavy (non-hydrogen) atoms. The fourth-order valence-corrected chi connectivity index (χ4v) is 3.05. The van der Waals surface area contributed by atoms with Gasteiger partial charge in [0.05, 0.1) is 18.8 Å². The summed E-state index contributed by atoms with van der Waals surface area (Å²) in [6.45, 7) is 2.16. The molecule has 7 heteroatoms. The van der Waals surface area contributed by atoms with Crippen molar-refractivity contribution < 1.29 is 14.3 Å². The number of benzene rings is 2. The molecule has 2 atom stereocenters. The molecular weight excluding hydrogens is 354 g/mol. The molecule has 136 valence electrons. The topological polar surface area (TPSA) is 84.7 Å². The van der Waals surface area contributed by atoms with Crippen LogP contribution in [0, 0.1) is 0 Å². The minimum absolute atomic E-state index is 0.0547. The van der Waals surface area contributed by atoms with Gasteiger partial charge >= 0.3 is 0 Å². The maximum Gasteiger partial charge on any atom is 0.260 e. The Morgan fingerprint density at radius 2 is 2.08 bits per heavy atom. The summed E-state index contributed by atoms with van der Waals surface area (Å²) in [6, 6.07) is 14.5. The molecule has 3 N–H and O–H groups in total. The van der Waals surface area contributed by atoms with Gasteiger partial charge in [0, 0.05) is 11.1 Å². The van der Waals surface area contributed by atoms with Crippen molar-refractivity contribution in [1.82, 2.24) is 5.32 Å². The van der Waals surface area contributed by atoms with Gasteiger partial charge in [0.15, 0.2) is 6.10 Å². The maximum atomic E-state index is 12.8. The van der Waals surface area contributed by atoms with Crippen LogP contribution in [0.3, 0.4) is 0 Å². The summed E-state index contributed by atoms with van der Waals surface area (Å²) in [6.07, 6.45) is -0.862. The highest BCUT2D eigenvalue weighted by Gasteiger charge is 2.32. The van der Waals surface area contributed by atoms with Crippen molar-refractivity contribution in [3.8, 4) is 5.75 Å². The number of carbonyl (C=O) groups is 2. The number of carbonyl (C=O) groups excluding carboxylic acids is 2. The van der Waals surface area contributed by atoms with Crippen molar-refractivity contribution in [2.24, 2.45) is 5.73 Å². The molecule has 1 aliphatic heterocycles. The second-order valence-corrected chi connectivity index (χ2v) is 6.57. The summed E-state index contributed by atoms with van der Waals surface area (Å²) in [4.78, 5) is 25.8. The lowest BCUT2D eigenvalue weighted by molar-refractivity contribution is -0.125. The minimum Gasteiger partial charge on any atom is -0.477 e. The second kappa shape index (κ2) is 7.76. The van der Waals surface area contributed by atoms with E-state index >= 15 is 0 Å². The van der Waals surface area contributed by atoms with E-state index in [0.717, 1.165) is 5.56 Å². The minimum atomic E-state index is -0.862. The summed E-state index contributed by atoms with van der Waals surface area (Å²) >= 11 is 6.01. The van der Waals surface area contributed by atoms with Crippen molar-refractivity contribution in [3.05, 3.63) is 59.1 Å². The van der Waals surface area contributed by atoms with Gasteiger partial charge in [-0.25, -0.2) is 0 Å². The number of nitrogens with zero attached hydrogens (tertiary/aromatic N) is 1. The molecule has 0 saturated carbocycles. The Morgan fingerprint density at radius 1 is 1.31 bits per heavy atom. The Morgan fingerprint density at radius 3 is 2.81 bits per heavy atom. The summed E-state index contributed by atoms with van der Waals surface area (Å²) in [5.74, 6) is -0.294. The van der Waals surface area contributed by atoms with Crippen molar-refractivity contribution in [2.45, 2.75) is 19.1 Å². The molecule has 2 aromatic carbocycles. The molecule has 0 unspecified atom stereocenters. The summed E-state index contributed by atoms with van der Waals surface area (Å²) in [5.41, 5.74) is 6.99. The Hall–Kier alpha value is -2.57. The van der Waals surface area contributed by atoms with Crippen LogP contribution in [0.4, 0.5) is 5.69 Å². The smallest absolute Gasteiger partial charge is 0.260 e. The zero-order chi connectivity index (χ0) is 18.7. The van der Waals surface area contributed by atoms with Gasteiger partial charge in [-0.3, -0.25) is 9.59 Å². The van der Waals surface area contributed by atoms with Crippen LogP contribution in [0.5, 0.6) is 5.75 Å². The van der Waals surface area contributed by atoms with Crippen molar-refractivity contribution in [1.29, 1.82) is 0 Å². The third-order valence-electron chi connectivity index (χ3n) is 4.30.